The third-order valence-corrected chi connectivity index (χ3v) is 4.24. The fourth-order valence-corrected chi connectivity index (χ4v) is 3.19. The molecule has 126 valence electrons. The van der Waals surface area contributed by atoms with Crippen molar-refractivity contribution in [3.8, 4) is 5.75 Å². The van der Waals surface area contributed by atoms with Crippen LogP contribution >= 0.6 is 0 Å². The van der Waals surface area contributed by atoms with Gasteiger partial charge in [0.1, 0.15) is 18.0 Å². The van der Waals surface area contributed by atoms with Gasteiger partial charge in [0.05, 0.1) is 12.7 Å². The van der Waals surface area contributed by atoms with E-state index in [2.05, 4.69) is 0 Å². The standard InChI is InChI=1S/C19H21NO4/c1-20(2)12-19(22)15-6-4-5-7-17(15)24-11-14-9-8-13(10-16(14)19)18(21)23-3/h4-10,22H,11-12H2,1-3H3. The first-order valence-electron chi connectivity index (χ1n) is 7.77. The number of esters is 1. The average molecular weight is 327 g/mol. The molecule has 0 radical (unpaired) electrons. The van der Waals surface area contributed by atoms with Gasteiger partial charge in [0.25, 0.3) is 0 Å². The SMILES string of the molecule is COC(=O)c1ccc2c(c1)C(O)(CN(C)C)c1ccccc1OC2. The Hall–Kier alpha value is -2.37. The molecule has 0 saturated carbocycles. The Morgan fingerprint density at radius 1 is 1.25 bits per heavy atom. The van der Waals surface area contributed by atoms with Gasteiger partial charge in [-0.15, -0.1) is 0 Å². The van der Waals surface area contributed by atoms with Gasteiger partial charge in [-0.05, 0) is 43.4 Å². The number of carbonyl (C=O) groups excluding carboxylic acids is 1. The number of methoxy groups -OCH3 is 1. The second-order valence-electron chi connectivity index (χ2n) is 6.25. The Labute approximate surface area is 141 Å². The monoisotopic (exact) mass is 327 g/mol. The van der Waals surface area contributed by atoms with Gasteiger partial charge in [0.2, 0.25) is 0 Å². The number of nitrogens with zero attached hydrogens (tertiary/aromatic N) is 1. The van der Waals surface area contributed by atoms with Crippen LogP contribution in [-0.4, -0.2) is 43.7 Å². The zero-order chi connectivity index (χ0) is 17.3. The molecule has 0 aromatic heterocycles. The first-order valence-corrected chi connectivity index (χ1v) is 7.77. The molecule has 0 saturated heterocycles. The minimum Gasteiger partial charge on any atom is -0.488 e. The zero-order valence-electron chi connectivity index (χ0n) is 14.1. The quantitative estimate of drug-likeness (QED) is 0.876. The van der Waals surface area contributed by atoms with Crippen molar-refractivity contribution in [3.63, 3.8) is 0 Å². The van der Waals surface area contributed by atoms with Crippen LogP contribution < -0.4 is 4.74 Å². The van der Waals surface area contributed by atoms with Crippen molar-refractivity contribution < 1.29 is 19.4 Å². The summed E-state index contributed by atoms with van der Waals surface area (Å²) in [5.74, 6) is 0.223. The second kappa shape index (κ2) is 6.26. The fourth-order valence-electron chi connectivity index (χ4n) is 3.19. The maximum atomic E-state index is 11.9. The summed E-state index contributed by atoms with van der Waals surface area (Å²) in [6.07, 6.45) is 0. The van der Waals surface area contributed by atoms with Crippen LogP contribution in [0.1, 0.15) is 27.0 Å². The van der Waals surface area contributed by atoms with Crippen molar-refractivity contribution in [2.75, 3.05) is 27.7 Å². The molecule has 0 fully saturated rings. The lowest BCUT2D eigenvalue weighted by Crippen LogP contribution is -2.39. The molecule has 24 heavy (non-hydrogen) atoms. The topological polar surface area (TPSA) is 59.0 Å². The van der Waals surface area contributed by atoms with Gasteiger partial charge >= 0.3 is 5.97 Å². The van der Waals surface area contributed by atoms with E-state index in [9.17, 15) is 9.90 Å². The summed E-state index contributed by atoms with van der Waals surface area (Å²) in [5.41, 5.74) is 1.34. The maximum absolute atomic E-state index is 11.9. The van der Waals surface area contributed by atoms with Crippen molar-refractivity contribution in [2.24, 2.45) is 0 Å². The van der Waals surface area contributed by atoms with Gasteiger partial charge in [0.15, 0.2) is 0 Å². The Bertz CT molecular complexity index is 772. The number of ether oxygens (including phenoxy) is 2. The molecule has 0 amide bonds. The zero-order valence-corrected chi connectivity index (χ0v) is 14.1. The first kappa shape index (κ1) is 16.5. The summed E-state index contributed by atoms with van der Waals surface area (Å²) >= 11 is 0. The molecular formula is C19H21NO4. The third kappa shape index (κ3) is 2.77. The van der Waals surface area contributed by atoms with E-state index in [-0.39, 0.29) is 0 Å². The molecule has 1 aliphatic rings. The third-order valence-electron chi connectivity index (χ3n) is 4.24. The van der Waals surface area contributed by atoms with E-state index in [4.69, 9.17) is 9.47 Å². The normalized spacial score (nSPS) is 19.0. The van der Waals surface area contributed by atoms with Gasteiger partial charge in [-0.1, -0.05) is 24.3 Å². The largest absolute Gasteiger partial charge is 0.488 e. The second-order valence-corrected chi connectivity index (χ2v) is 6.25. The minimum atomic E-state index is -1.28. The van der Waals surface area contributed by atoms with E-state index in [1.807, 2.05) is 49.3 Å². The van der Waals surface area contributed by atoms with Crippen LogP contribution in [0.4, 0.5) is 0 Å². The number of rotatable bonds is 3. The summed E-state index contributed by atoms with van der Waals surface area (Å²) in [6.45, 7) is 0.703. The van der Waals surface area contributed by atoms with E-state index < -0.39 is 11.6 Å². The highest BCUT2D eigenvalue weighted by Gasteiger charge is 2.39. The highest BCUT2D eigenvalue weighted by Crippen LogP contribution is 2.41. The summed E-state index contributed by atoms with van der Waals surface area (Å²) in [5, 5.41) is 11.6. The van der Waals surface area contributed by atoms with Gasteiger partial charge in [-0.3, -0.25) is 0 Å². The van der Waals surface area contributed by atoms with Crippen LogP contribution in [0.2, 0.25) is 0 Å². The summed E-state index contributed by atoms with van der Waals surface area (Å²) < 4.78 is 10.7. The highest BCUT2D eigenvalue weighted by atomic mass is 16.5. The number of aliphatic hydroxyl groups is 1. The number of fused-ring (bicyclic) bond motifs is 2. The fraction of sp³-hybridized carbons (Fsp3) is 0.316. The molecule has 5 nitrogen and oxygen atoms in total. The Morgan fingerprint density at radius 2 is 2.00 bits per heavy atom. The Balaban J connectivity index is 2.23. The van der Waals surface area contributed by atoms with Crippen LogP contribution in [0.3, 0.4) is 0 Å². The van der Waals surface area contributed by atoms with Crippen LogP contribution in [0, 0.1) is 0 Å². The van der Waals surface area contributed by atoms with Crippen molar-refractivity contribution in [3.05, 3.63) is 64.7 Å². The minimum absolute atomic E-state index is 0.337. The van der Waals surface area contributed by atoms with E-state index in [0.29, 0.717) is 35.6 Å². The van der Waals surface area contributed by atoms with E-state index in [1.165, 1.54) is 7.11 Å². The van der Waals surface area contributed by atoms with Crippen molar-refractivity contribution in [2.45, 2.75) is 12.2 Å². The molecule has 1 unspecified atom stereocenters. The molecule has 1 N–H and O–H groups in total. The van der Waals surface area contributed by atoms with Crippen LogP contribution in [0.5, 0.6) is 5.75 Å². The molecule has 2 aromatic rings. The molecule has 1 aliphatic heterocycles. The number of hydrogen-bond donors (Lipinski definition) is 1. The summed E-state index contributed by atoms with van der Waals surface area (Å²) in [4.78, 5) is 13.8. The van der Waals surface area contributed by atoms with Crippen molar-refractivity contribution in [1.29, 1.82) is 0 Å². The van der Waals surface area contributed by atoms with Gasteiger partial charge < -0.3 is 19.5 Å². The predicted molar refractivity (Wildman–Crippen MR) is 90.1 cm³/mol. The lowest BCUT2D eigenvalue weighted by molar-refractivity contribution is 0.0504. The number of hydrogen-bond acceptors (Lipinski definition) is 5. The number of likely N-dealkylation sites (N-methyl/N-ethyl adjacent to an activating group) is 1. The van der Waals surface area contributed by atoms with Gasteiger partial charge in [-0.25, -0.2) is 4.79 Å². The molecule has 2 aromatic carbocycles. The maximum Gasteiger partial charge on any atom is 0.337 e. The number of para-hydroxylation sites is 1. The molecule has 1 heterocycles. The van der Waals surface area contributed by atoms with Crippen LogP contribution in [0.15, 0.2) is 42.5 Å². The summed E-state index contributed by atoms with van der Waals surface area (Å²) in [6, 6.07) is 12.7. The van der Waals surface area contributed by atoms with Crippen molar-refractivity contribution >= 4 is 5.97 Å². The van der Waals surface area contributed by atoms with Crippen molar-refractivity contribution in [1.82, 2.24) is 4.90 Å². The van der Waals surface area contributed by atoms with E-state index >= 15 is 0 Å². The molecule has 0 bridgehead atoms. The number of benzene rings is 2. The van der Waals surface area contributed by atoms with Gasteiger partial charge in [-0.2, -0.15) is 0 Å². The average Bonchev–Trinajstić information content (AvgIpc) is 2.69. The molecule has 5 heteroatoms. The smallest absolute Gasteiger partial charge is 0.337 e. The summed E-state index contributed by atoms with van der Waals surface area (Å²) in [7, 11) is 5.14. The van der Waals surface area contributed by atoms with Crippen LogP contribution in [0.25, 0.3) is 0 Å². The highest BCUT2D eigenvalue weighted by molar-refractivity contribution is 5.89. The molecule has 0 aliphatic carbocycles. The molecule has 3 rings (SSSR count). The molecule has 1 atom stereocenters. The Morgan fingerprint density at radius 3 is 2.71 bits per heavy atom. The van der Waals surface area contributed by atoms with Gasteiger partial charge in [0, 0.05) is 12.1 Å². The lowest BCUT2D eigenvalue weighted by Gasteiger charge is -2.32. The first-order chi connectivity index (χ1) is 11.5. The predicted octanol–water partition coefficient (Wildman–Crippen LogP) is 2.16. The Kier molecular flexibility index (Phi) is 4.30. The number of carbonyl (C=O) groups is 1. The molecular weight excluding hydrogens is 306 g/mol. The van der Waals surface area contributed by atoms with E-state index in [0.717, 1.165) is 5.56 Å². The van der Waals surface area contributed by atoms with Crippen LogP contribution in [-0.2, 0) is 16.9 Å². The lowest BCUT2D eigenvalue weighted by atomic mass is 9.82. The molecule has 0 spiro atoms. The van der Waals surface area contributed by atoms with E-state index in [1.54, 1.807) is 12.1 Å².